The van der Waals surface area contributed by atoms with Crippen molar-refractivity contribution >= 4 is 52.8 Å². The van der Waals surface area contributed by atoms with Gasteiger partial charge in [-0.2, -0.15) is 0 Å². The molecule has 2 aliphatic rings. The van der Waals surface area contributed by atoms with Crippen LogP contribution < -0.4 is 20.9 Å². The zero-order valence-electron chi connectivity index (χ0n) is 16.2. The lowest BCUT2D eigenvalue weighted by molar-refractivity contribution is -0.116. The number of ether oxygens (including phenoxy) is 1. The van der Waals surface area contributed by atoms with E-state index >= 15 is 0 Å². The number of anilines is 3. The molecule has 0 atom stereocenters. The molecule has 0 saturated carbocycles. The van der Waals surface area contributed by atoms with Crippen LogP contribution in [0.2, 0.25) is 5.02 Å². The van der Waals surface area contributed by atoms with E-state index in [1.165, 1.54) is 18.5 Å². The Labute approximate surface area is 182 Å². The largest absolute Gasteiger partial charge is 0.463 e. The zero-order valence-corrected chi connectivity index (χ0v) is 17.0. The van der Waals surface area contributed by atoms with Crippen LogP contribution >= 0.6 is 11.6 Å². The summed E-state index contributed by atoms with van der Waals surface area (Å²) in [6, 6.07) is 10.4. The summed E-state index contributed by atoms with van der Waals surface area (Å²) in [6.45, 7) is 1.30. The van der Waals surface area contributed by atoms with Gasteiger partial charge in [-0.05, 0) is 36.4 Å². The Kier molecular flexibility index (Phi) is 5.54. The number of rotatable bonds is 5. The van der Waals surface area contributed by atoms with Gasteiger partial charge in [-0.3, -0.25) is 24.9 Å². The molecule has 0 unspecified atom stereocenters. The molecule has 1 saturated heterocycles. The number of pyridine rings is 1. The van der Waals surface area contributed by atoms with Crippen LogP contribution in [0.5, 0.6) is 0 Å². The molecule has 0 spiro atoms. The van der Waals surface area contributed by atoms with Gasteiger partial charge in [-0.15, -0.1) is 0 Å². The number of amidine groups is 1. The highest BCUT2D eigenvalue weighted by atomic mass is 35.5. The number of nitrogens with one attached hydrogen (secondary N) is 2. The number of amides is 2. The van der Waals surface area contributed by atoms with E-state index in [0.717, 1.165) is 5.69 Å². The summed E-state index contributed by atoms with van der Waals surface area (Å²) in [5.74, 6) is -1.15. The van der Waals surface area contributed by atoms with Crippen molar-refractivity contribution in [3.63, 3.8) is 0 Å². The summed E-state index contributed by atoms with van der Waals surface area (Å²) in [5, 5.41) is 10.8. The molecule has 0 radical (unpaired) electrons. The number of halogens is 1. The number of hydrogen-bond acceptors (Lipinski definition) is 7. The van der Waals surface area contributed by atoms with E-state index in [4.69, 9.17) is 27.5 Å². The molecule has 1 fully saturated rings. The van der Waals surface area contributed by atoms with Crippen LogP contribution in [-0.4, -0.2) is 48.7 Å². The second-order valence-electron chi connectivity index (χ2n) is 6.62. The van der Waals surface area contributed by atoms with E-state index in [1.54, 1.807) is 40.1 Å². The van der Waals surface area contributed by atoms with Gasteiger partial charge in [0.1, 0.15) is 18.1 Å². The van der Waals surface area contributed by atoms with Gasteiger partial charge in [-0.1, -0.05) is 11.6 Å². The maximum absolute atomic E-state index is 12.8. The standard InChI is InChI=1S/C20H18ClN7O3/c21-12-1-6-15(25-11-12)26-19(30)16-17(18(22)29)27(8-7-24-16)13-2-4-14(5-3-13)28-9-10-31-20(28)23/h1-7,11,23H,8-10H2,(H2,22,29)(H,25,26,30). The third-order valence-corrected chi connectivity index (χ3v) is 4.89. The Morgan fingerprint density at radius 2 is 1.84 bits per heavy atom. The van der Waals surface area contributed by atoms with E-state index in [0.29, 0.717) is 23.9 Å². The minimum Gasteiger partial charge on any atom is -0.463 e. The van der Waals surface area contributed by atoms with Crippen molar-refractivity contribution in [3.8, 4) is 0 Å². The van der Waals surface area contributed by atoms with Crippen molar-refractivity contribution in [3.05, 3.63) is 59.0 Å². The van der Waals surface area contributed by atoms with Gasteiger partial charge >= 0.3 is 0 Å². The molecule has 31 heavy (non-hydrogen) atoms. The molecule has 0 bridgehead atoms. The highest BCUT2D eigenvalue weighted by Crippen LogP contribution is 2.28. The number of hydrogen-bond donors (Lipinski definition) is 3. The lowest BCUT2D eigenvalue weighted by atomic mass is 10.1. The van der Waals surface area contributed by atoms with Gasteiger partial charge in [-0.25, -0.2) is 4.98 Å². The van der Waals surface area contributed by atoms with Crippen LogP contribution in [0.4, 0.5) is 17.2 Å². The first kappa shape index (κ1) is 20.4. The fourth-order valence-corrected chi connectivity index (χ4v) is 3.35. The topological polar surface area (TPSA) is 137 Å². The van der Waals surface area contributed by atoms with E-state index in [1.807, 2.05) is 0 Å². The molecule has 158 valence electrons. The van der Waals surface area contributed by atoms with E-state index < -0.39 is 11.8 Å². The molecular weight excluding hydrogens is 422 g/mol. The average molecular weight is 440 g/mol. The van der Waals surface area contributed by atoms with Crippen LogP contribution in [0.15, 0.2) is 59.0 Å². The van der Waals surface area contributed by atoms with Crippen molar-refractivity contribution < 1.29 is 14.3 Å². The Hall–Kier alpha value is -3.92. The SMILES string of the molecule is N=C1OCCN1c1ccc(N2CC=NC(C(=O)Nc3ccc(Cl)cn3)=C2C(N)=O)cc1. The number of nitrogens with zero attached hydrogens (tertiary/aromatic N) is 4. The van der Waals surface area contributed by atoms with Gasteiger partial charge in [0, 0.05) is 23.8 Å². The molecule has 2 aliphatic heterocycles. The first-order valence-corrected chi connectivity index (χ1v) is 9.68. The van der Waals surface area contributed by atoms with Crippen molar-refractivity contribution in [1.82, 2.24) is 4.98 Å². The average Bonchev–Trinajstić information content (AvgIpc) is 3.20. The maximum atomic E-state index is 12.8. The van der Waals surface area contributed by atoms with Gasteiger partial charge in [0.15, 0.2) is 5.70 Å². The Morgan fingerprint density at radius 3 is 2.42 bits per heavy atom. The Bertz CT molecular complexity index is 1100. The van der Waals surface area contributed by atoms with Crippen LogP contribution in [0, 0.1) is 5.41 Å². The third kappa shape index (κ3) is 4.19. The molecule has 10 nitrogen and oxygen atoms in total. The van der Waals surface area contributed by atoms with Crippen LogP contribution in [0.1, 0.15) is 0 Å². The van der Waals surface area contributed by atoms with Gasteiger partial charge in [0.2, 0.25) is 0 Å². The summed E-state index contributed by atoms with van der Waals surface area (Å²) in [6.07, 6.45) is 2.91. The molecule has 2 aromatic rings. The van der Waals surface area contributed by atoms with Gasteiger partial charge < -0.3 is 20.7 Å². The van der Waals surface area contributed by atoms with Gasteiger partial charge in [0.05, 0.1) is 18.1 Å². The van der Waals surface area contributed by atoms with E-state index in [9.17, 15) is 9.59 Å². The summed E-state index contributed by atoms with van der Waals surface area (Å²) >= 11 is 5.81. The molecule has 2 amide bonds. The minimum atomic E-state index is -0.787. The number of aromatic nitrogens is 1. The molecule has 3 heterocycles. The second-order valence-corrected chi connectivity index (χ2v) is 7.06. The lowest BCUT2D eigenvalue weighted by Crippen LogP contribution is -2.38. The first-order valence-electron chi connectivity index (χ1n) is 9.30. The highest BCUT2D eigenvalue weighted by molar-refractivity contribution is 6.30. The van der Waals surface area contributed by atoms with Crippen LogP contribution in [-0.2, 0) is 14.3 Å². The second kappa shape index (κ2) is 8.44. The van der Waals surface area contributed by atoms with Crippen LogP contribution in [0.25, 0.3) is 0 Å². The van der Waals surface area contributed by atoms with Gasteiger partial charge in [0.25, 0.3) is 17.8 Å². The molecular formula is C20H18ClN7O3. The fraction of sp³-hybridized carbons (Fsp3) is 0.150. The fourth-order valence-electron chi connectivity index (χ4n) is 3.24. The predicted octanol–water partition coefficient (Wildman–Crippen LogP) is 1.73. The number of benzene rings is 1. The molecule has 1 aromatic heterocycles. The maximum Gasteiger partial charge on any atom is 0.289 e. The third-order valence-electron chi connectivity index (χ3n) is 4.67. The molecule has 4 N–H and O–H groups in total. The lowest BCUT2D eigenvalue weighted by Gasteiger charge is -2.28. The summed E-state index contributed by atoms with van der Waals surface area (Å²) in [7, 11) is 0. The number of carbonyl (C=O) groups is 2. The minimum absolute atomic E-state index is 0.0287. The first-order chi connectivity index (χ1) is 14.9. The molecule has 11 heteroatoms. The number of nitrogens with two attached hydrogens (primary N) is 1. The Balaban J connectivity index is 1.61. The summed E-state index contributed by atoms with van der Waals surface area (Å²) in [4.78, 5) is 36.5. The summed E-state index contributed by atoms with van der Waals surface area (Å²) < 4.78 is 5.17. The normalized spacial score (nSPS) is 15.8. The van der Waals surface area contributed by atoms with Crippen LogP contribution in [0.3, 0.4) is 0 Å². The monoisotopic (exact) mass is 439 g/mol. The molecule has 1 aromatic carbocycles. The number of primary amides is 1. The van der Waals surface area contributed by atoms with Crippen molar-refractivity contribution in [2.75, 3.05) is 34.8 Å². The number of aliphatic imine (C=N–C) groups is 1. The molecule has 0 aliphatic carbocycles. The highest BCUT2D eigenvalue weighted by Gasteiger charge is 2.28. The van der Waals surface area contributed by atoms with Crippen molar-refractivity contribution in [2.24, 2.45) is 10.7 Å². The zero-order chi connectivity index (χ0) is 22.0. The van der Waals surface area contributed by atoms with E-state index in [-0.39, 0.29) is 29.8 Å². The summed E-state index contributed by atoms with van der Waals surface area (Å²) in [5.41, 5.74) is 6.89. The van der Waals surface area contributed by atoms with E-state index in [2.05, 4.69) is 15.3 Å². The number of carbonyl (C=O) groups excluding carboxylic acids is 2. The quantitative estimate of drug-likeness (QED) is 0.648. The predicted molar refractivity (Wildman–Crippen MR) is 117 cm³/mol. The smallest absolute Gasteiger partial charge is 0.289 e. The molecule has 4 rings (SSSR count). The van der Waals surface area contributed by atoms with Crippen molar-refractivity contribution in [1.29, 1.82) is 5.41 Å². The Morgan fingerprint density at radius 1 is 1.13 bits per heavy atom. The van der Waals surface area contributed by atoms with Crippen molar-refractivity contribution in [2.45, 2.75) is 0 Å².